The summed E-state index contributed by atoms with van der Waals surface area (Å²) < 4.78 is 18.3. The Hall–Kier alpha value is -1.01. The Labute approximate surface area is 113 Å². The molecular formula is C12H13FN2OS2. The Kier molecular flexibility index (Phi) is 4.66. The number of hydrogen-bond donors (Lipinski definition) is 0. The summed E-state index contributed by atoms with van der Waals surface area (Å²) in [6.45, 7) is 4.32. The van der Waals surface area contributed by atoms with E-state index in [1.807, 2.05) is 0 Å². The fourth-order valence-electron chi connectivity index (χ4n) is 1.17. The van der Waals surface area contributed by atoms with E-state index in [1.165, 1.54) is 22.9 Å². The number of rotatable bonds is 5. The third-order valence-electron chi connectivity index (χ3n) is 2.03. The first-order valence-corrected chi connectivity index (χ1v) is 7.86. The van der Waals surface area contributed by atoms with E-state index < -0.39 is 0 Å². The van der Waals surface area contributed by atoms with Crippen LogP contribution in [0.25, 0.3) is 11.5 Å². The van der Waals surface area contributed by atoms with Crippen molar-refractivity contribution in [3.63, 3.8) is 0 Å². The lowest BCUT2D eigenvalue weighted by molar-refractivity contribution is 0.467. The molecular weight excluding hydrogens is 271 g/mol. The molecule has 0 aliphatic heterocycles. The van der Waals surface area contributed by atoms with Gasteiger partial charge in [0, 0.05) is 22.1 Å². The van der Waals surface area contributed by atoms with E-state index >= 15 is 0 Å². The summed E-state index contributed by atoms with van der Waals surface area (Å²) in [4.78, 5) is 0. The van der Waals surface area contributed by atoms with Crippen molar-refractivity contribution in [1.29, 1.82) is 0 Å². The predicted octanol–water partition coefficient (Wildman–Crippen LogP) is 4.27. The molecule has 1 heterocycles. The quantitative estimate of drug-likeness (QED) is 0.767. The van der Waals surface area contributed by atoms with Gasteiger partial charge in [-0.25, -0.2) is 4.39 Å². The Morgan fingerprint density at radius 2 is 1.94 bits per heavy atom. The van der Waals surface area contributed by atoms with E-state index in [0.717, 1.165) is 11.3 Å². The van der Waals surface area contributed by atoms with Crippen LogP contribution in [0.5, 0.6) is 0 Å². The number of benzene rings is 1. The zero-order valence-electron chi connectivity index (χ0n) is 10.1. The molecule has 0 radical (unpaired) electrons. The zero-order chi connectivity index (χ0) is 13.0. The van der Waals surface area contributed by atoms with Crippen molar-refractivity contribution in [3.8, 4) is 11.5 Å². The SMILES string of the molecule is CC(C)CSSc1nnc(-c2ccc(F)cc2)o1. The van der Waals surface area contributed by atoms with Gasteiger partial charge in [-0.3, -0.25) is 0 Å². The number of halogens is 1. The van der Waals surface area contributed by atoms with Gasteiger partial charge in [0.05, 0.1) is 0 Å². The van der Waals surface area contributed by atoms with E-state index in [-0.39, 0.29) is 5.82 Å². The Balaban J connectivity index is 1.99. The molecule has 0 aliphatic rings. The van der Waals surface area contributed by atoms with Crippen LogP contribution in [0.15, 0.2) is 33.9 Å². The highest BCUT2D eigenvalue weighted by atomic mass is 33.1. The molecule has 0 spiro atoms. The van der Waals surface area contributed by atoms with Gasteiger partial charge in [0.15, 0.2) is 0 Å². The molecule has 0 amide bonds. The third-order valence-corrected chi connectivity index (χ3v) is 4.45. The van der Waals surface area contributed by atoms with E-state index in [1.54, 1.807) is 22.9 Å². The van der Waals surface area contributed by atoms with Crippen LogP contribution >= 0.6 is 21.6 Å². The lowest BCUT2D eigenvalue weighted by Crippen LogP contribution is -1.87. The van der Waals surface area contributed by atoms with Crippen molar-refractivity contribution < 1.29 is 8.81 Å². The van der Waals surface area contributed by atoms with Gasteiger partial charge < -0.3 is 4.42 Å². The highest BCUT2D eigenvalue weighted by Crippen LogP contribution is 2.32. The molecule has 2 aromatic rings. The maximum Gasteiger partial charge on any atom is 0.287 e. The maximum atomic E-state index is 12.8. The van der Waals surface area contributed by atoms with Gasteiger partial charge in [0.2, 0.25) is 5.89 Å². The van der Waals surface area contributed by atoms with E-state index in [2.05, 4.69) is 24.0 Å². The molecule has 0 saturated heterocycles. The van der Waals surface area contributed by atoms with Gasteiger partial charge in [0.1, 0.15) is 5.82 Å². The average molecular weight is 284 g/mol. The molecule has 3 nitrogen and oxygen atoms in total. The van der Waals surface area contributed by atoms with Crippen molar-refractivity contribution in [2.45, 2.75) is 19.1 Å². The average Bonchev–Trinajstić information content (AvgIpc) is 2.78. The molecule has 1 aromatic carbocycles. The summed E-state index contributed by atoms with van der Waals surface area (Å²) in [5.41, 5.74) is 0.726. The monoisotopic (exact) mass is 284 g/mol. The minimum atomic E-state index is -0.277. The smallest absolute Gasteiger partial charge is 0.287 e. The summed E-state index contributed by atoms with van der Waals surface area (Å²) in [5.74, 6) is 1.80. The summed E-state index contributed by atoms with van der Waals surface area (Å²) >= 11 is 0. The van der Waals surface area contributed by atoms with Crippen molar-refractivity contribution in [1.82, 2.24) is 10.2 Å². The van der Waals surface area contributed by atoms with E-state index in [9.17, 15) is 4.39 Å². The van der Waals surface area contributed by atoms with Crippen LogP contribution in [0.3, 0.4) is 0 Å². The second-order valence-electron chi connectivity index (χ2n) is 4.14. The highest BCUT2D eigenvalue weighted by molar-refractivity contribution is 8.76. The van der Waals surface area contributed by atoms with Crippen LogP contribution in [0, 0.1) is 11.7 Å². The minimum Gasteiger partial charge on any atom is -0.411 e. The largest absolute Gasteiger partial charge is 0.411 e. The van der Waals surface area contributed by atoms with Crippen molar-refractivity contribution in [3.05, 3.63) is 30.1 Å². The van der Waals surface area contributed by atoms with Gasteiger partial charge in [-0.1, -0.05) is 29.7 Å². The second-order valence-corrected chi connectivity index (χ2v) is 6.43. The second kappa shape index (κ2) is 6.24. The van der Waals surface area contributed by atoms with Crippen molar-refractivity contribution >= 4 is 21.6 Å². The highest BCUT2D eigenvalue weighted by Gasteiger charge is 2.09. The maximum absolute atomic E-state index is 12.8. The molecule has 6 heteroatoms. The molecule has 0 atom stereocenters. The number of nitrogens with zero attached hydrogens (tertiary/aromatic N) is 2. The third kappa shape index (κ3) is 3.74. The van der Waals surface area contributed by atoms with E-state index in [4.69, 9.17) is 4.42 Å². The predicted molar refractivity (Wildman–Crippen MR) is 72.8 cm³/mol. The van der Waals surface area contributed by atoms with Gasteiger partial charge in [-0.2, -0.15) is 0 Å². The lowest BCUT2D eigenvalue weighted by atomic mass is 10.2. The molecule has 96 valence electrons. The Morgan fingerprint density at radius 1 is 1.22 bits per heavy atom. The lowest BCUT2D eigenvalue weighted by Gasteiger charge is -1.99. The summed E-state index contributed by atoms with van der Waals surface area (Å²) in [6.07, 6.45) is 0. The summed E-state index contributed by atoms with van der Waals surface area (Å²) in [7, 11) is 3.16. The molecule has 0 fully saturated rings. The van der Waals surface area contributed by atoms with Crippen LogP contribution in [0.2, 0.25) is 0 Å². The Morgan fingerprint density at radius 3 is 2.61 bits per heavy atom. The van der Waals surface area contributed by atoms with Gasteiger partial charge in [0.25, 0.3) is 5.22 Å². The summed E-state index contributed by atoms with van der Waals surface area (Å²) in [6, 6.07) is 6.00. The Bertz CT molecular complexity index is 499. The number of hydrogen-bond acceptors (Lipinski definition) is 5. The van der Waals surface area contributed by atoms with Gasteiger partial charge in [-0.15, -0.1) is 5.10 Å². The van der Waals surface area contributed by atoms with Crippen molar-refractivity contribution in [2.24, 2.45) is 5.92 Å². The standard InChI is InChI=1S/C12H13FN2OS2/c1-8(2)7-17-18-12-15-14-11(16-12)9-3-5-10(13)6-4-9/h3-6,8H,7H2,1-2H3. The molecule has 1 aromatic heterocycles. The van der Waals surface area contributed by atoms with Crippen LogP contribution in [-0.2, 0) is 0 Å². The van der Waals surface area contributed by atoms with Crippen molar-refractivity contribution in [2.75, 3.05) is 5.75 Å². The summed E-state index contributed by atoms with van der Waals surface area (Å²) in [5, 5.41) is 8.41. The minimum absolute atomic E-state index is 0.277. The van der Waals surface area contributed by atoms with Crippen LogP contribution in [-0.4, -0.2) is 16.0 Å². The van der Waals surface area contributed by atoms with Gasteiger partial charge in [-0.05, 0) is 30.2 Å². The molecule has 0 bridgehead atoms. The fourth-order valence-corrected chi connectivity index (χ4v) is 3.33. The van der Waals surface area contributed by atoms with Crippen LogP contribution in [0.1, 0.15) is 13.8 Å². The normalized spacial score (nSPS) is 11.1. The molecule has 18 heavy (non-hydrogen) atoms. The fraction of sp³-hybridized carbons (Fsp3) is 0.333. The van der Waals surface area contributed by atoms with Crippen LogP contribution in [0.4, 0.5) is 4.39 Å². The first-order chi connectivity index (χ1) is 8.65. The van der Waals surface area contributed by atoms with E-state index in [0.29, 0.717) is 17.0 Å². The number of aromatic nitrogens is 2. The molecule has 0 aliphatic carbocycles. The first kappa shape index (κ1) is 13.4. The molecule has 0 N–H and O–H groups in total. The first-order valence-electron chi connectivity index (χ1n) is 5.54. The zero-order valence-corrected chi connectivity index (χ0v) is 11.7. The van der Waals surface area contributed by atoms with Gasteiger partial charge >= 0.3 is 0 Å². The molecule has 2 rings (SSSR count). The van der Waals surface area contributed by atoms with Crippen LogP contribution < -0.4 is 0 Å². The molecule has 0 unspecified atom stereocenters. The topological polar surface area (TPSA) is 38.9 Å². The molecule has 0 saturated carbocycles.